The molecule has 1 amide bonds. The second kappa shape index (κ2) is 6.15. The first-order chi connectivity index (χ1) is 12.5. The number of carbonyl (C=O) groups is 1. The maximum Gasteiger partial charge on any atom is 0.439 e. The number of fused-ring (bicyclic) bond motifs is 1. The van der Waals surface area contributed by atoms with Gasteiger partial charge in [-0.3, -0.25) is 14.3 Å². The number of aromatic amines is 1. The van der Waals surface area contributed by atoms with Crippen molar-refractivity contribution in [1.29, 1.82) is 0 Å². The molecule has 0 atom stereocenters. The molecule has 2 aromatic heterocycles. The predicted molar refractivity (Wildman–Crippen MR) is 96.6 cm³/mol. The molecule has 0 saturated heterocycles. The Bertz CT molecular complexity index is 1190. The van der Waals surface area contributed by atoms with Crippen molar-refractivity contribution < 1.29 is 13.8 Å². The summed E-state index contributed by atoms with van der Waals surface area (Å²) in [7, 11) is 0. The van der Waals surface area contributed by atoms with E-state index in [1.165, 1.54) is 0 Å². The molecule has 4 N–H and O–H groups in total. The number of nitrogens with zero attached hydrogens (tertiary/aromatic N) is 2. The summed E-state index contributed by atoms with van der Waals surface area (Å²) in [6, 6.07) is 9.98. The first-order valence-electron chi connectivity index (χ1n) is 7.33. The monoisotopic (exact) mass is 415 g/mol. The highest BCUT2D eigenvalue weighted by Gasteiger charge is 2.19. The third kappa shape index (κ3) is 2.86. The third-order valence-electron chi connectivity index (χ3n) is 3.64. The number of nitrogens with one attached hydrogen (secondary N) is 2. The Morgan fingerprint density at radius 3 is 2.77 bits per heavy atom. The van der Waals surface area contributed by atoms with E-state index in [2.05, 4.69) is 41.1 Å². The molecule has 2 heterocycles. The van der Waals surface area contributed by atoms with Gasteiger partial charge in [0.05, 0.1) is 11.1 Å². The van der Waals surface area contributed by atoms with Crippen molar-refractivity contribution in [2.75, 3.05) is 11.1 Å². The van der Waals surface area contributed by atoms with Crippen LogP contribution >= 0.6 is 15.9 Å². The minimum atomic E-state index is -0.697. The Balaban J connectivity index is 1.73. The number of aromatic nitrogens is 3. The number of nitrogen functional groups attached to an aromatic ring is 1. The van der Waals surface area contributed by atoms with Gasteiger partial charge < -0.3 is 15.6 Å². The van der Waals surface area contributed by atoms with Crippen molar-refractivity contribution in [3.63, 3.8) is 0 Å². The Hall–Kier alpha value is -3.40. The molecular weight excluding hydrogens is 406 g/mol. The van der Waals surface area contributed by atoms with Crippen LogP contribution < -0.4 is 16.8 Å². The summed E-state index contributed by atoms with van der Waals surface area (Å²) in [5.41, 5.74) is 7.60. The number of H-pyrrole nitrogens is 1. The van der Waals surface area contributed by atoms with Gasteiger partial charge in [0.2, 0.25) is 0 Å². The van der Waals surface area contributed by atoms with Crippen molar-refractivity contribution in [3.05, 3.63) is 57.1 Å². The number of rotatable bonds is 3. The lowest BCUT2D eigenvalue weighted by molar-refractivity contribution is 0.102. The van der Waals surface area contributed by atoms with Crippen LogP contribution in [-0.2, 0) is 0 Å². The highest BCUT2D eigenvalue weighted by Crippen LogP contribution is 2.29. The molecule has 4 rings (SSSR count). The van der Waals surface area contributed by atoms with E-state index in [-0.39, 0.29) is 11.5 Å². The van der Waals surface area contributed by atoms with Crippen molar-refractivity contribution >= 4 is 44.2 Å². The van der Waals surface area contributed by atoms with E-state index in [9.17, 15) is 9.59 Å². The Morgan fingerprint density at radius 1 is 1.15 bits per heavy atom. The molecule has 2 aromatic carbocycles. The lowest BCUT2D eigenvalue weighted by atomic mass is 10.1. The lowest BCUT2D eigenvalue weighted by Gasteiger charge is -2.08. The fourth-order valence-corrected chi connectivity index (χ4v) is 2.83. The summed E-state index contributed by atoms with van der Waals surface area (Å²) in [5, 5.41) is 10.7. The van der Waals surface area contributed by atoms with Crippen LogP contribution in [0.2, 0.25) is 0 Å². The minimum absolute atomic E-state index is 0.113. The van der Waals surface area contributed by atoms with Crippen LogP contribution in [0.1, 0.15) is 10.5 Å². The maximum atomic E-state index is 12.7. The fraction of sp³-hybridized carbons (Fsp3) is 0. The average Bonchev–Trinajstić information content (AvgIpc) is 3.22. The zero-order valence-corrected chi connectivity index (χ0v) is 14.5. The van der Waals surface area contributed by atoms with Gasteiger partial charge >= 0.3 is 5.76 Å². The molecule has 4 aromatic rings. The topological polar surface area (TPSA) is 140 Å². The SMILES string of the molecule is Nc1ccc2c(C(=O)Nc3ccc(Br)cc3-c3noc(=O)[nH]3)noc2c1. The molecule has 0 fully saturated rings. The van der Waals surface area contributed by atoms with Crippen LogP contribution in [0, 0.1) is 0 Å². The summed E-state index contributed by atoms with van der Waals surface area (Å²) in [5.74, 6) is -0.996. The molecule has 0 aliphatic heterocycles. The molecule has 9 nitrogen and oxygen atoms in total. The van der Waals surface area contributed by atoms with Crippen LogP contribution in [-0.4, -0.2) is 21.2 Å². The van der Waals surface area contributed by atoms with E-state index in [0.29, 0.717) is 27.9 Å². The van der Waals surface area contributed by atoms with E-state index in [0.717, 1.165) is 4.47 Å². The number of halogens is 1. The van der Waals surface area contributed by atoms with Gasteiger partial charge in [0.1, 0.15) is 0 Å². The second-order valence-corrected chi connectivity index (χ2v) is 6.29. The average molecular weight is 416 g/mol. The minimum Gasteiger partial charge on any atom is -0.399 e. The van der Waals surface area contributed by atoms with E-state index >= 15 is 0 Å². The van der Waals surface area contributed by atoms with Gasteiger partial charge in [0.15, 0.2) is 17.1 Å². The zero-order valence-electron chi connectivity index (χ0n) is 12.9. The van der Waals surface area contributed by atoms with Crippen molar-refractivity contribution in [3.8, 4) is 11.4 Å². The number of hydrogen-bond donors (Lipinski definition) is 3. The summed E-state index contributed by atoms with van der Waals surface area (Å²) in [6.45, 7) is 0. The third-order valence-corrected chi connectivity index (χ3v) is 4.13. The summed E-state index contributed by atoms with van der Waals surface area (Å²) < 4.78 is 10.4. The van der Waals surface area contributed by atoms with Gasteiger partial charge in [-0.25, -0.2) is 4.79 Å². The number of carbonyl (C=O) groups excluding carboxylic acids is 1. The van der Waals surface area contributed by atoms with Crippen LogP contribution in [0.5, 0.6) is 0 Å². The first kappa shape index (κ1) is 16.1. The van der Waals surface area contributed by atoms with E-state index in [1.54, 1.807) is 36.4 Å². The van der Waals surface area contributed by atoms with E-state index < -0.39 is 11.7 Å². The van der Waals surface area contributed by atoms with Gasteiger partial charge in [-0.05, 0) is 30.3 Å². The molecule has 0 spiro atoms. The van der Waals surface area contributed by atoms with Gasteiger partial charge in [-0.1, -0.05) is 26.2 Å². The largest absolute Gasteiger partial charge is 0.439 e. The molecule has 0 aliphatic carbocycles. The van der Waals surface area contributed by atoms with Gasteiger partial charge in [-0.2, -0.15) is 0 Å². The highest BCUT2D eigenvalue weighted by atomic mass is 79.9. The molecule has 10 heteroatoms. The number of nitrogens with two attached hydrogens (primary N) is 1. The molecule has 0 unspecified atom stereocenters. The molecular formula is C16H10BrN5O4. The number of hydrogen-bond acceptors (Lipinski definition) is 7. The van der Waals surface area contributed by atoms with Gasteiger partial charge in [0, 0.05) is 21.8 Å². The molecule has 0 aliphatic rings. The summed E-state index contributed by atoms with van der Waals surface area (Å²) >= 11 is 3.34. The number of benzene rings is 2. The number of anilines is 2. The smallest absolute Gasteiger partial charge is 0.399 e. The normalized spacial score (nSPS) is 11.0. The van der Waals surface area contributed by atoms with Gasteiger partial charge in [0.25, 0.3) is 5.91 Å². The molecule has 0 bridgehead atoms. The van der Waals surface area contributed by atoms with Gasteiger partial charge in [-0.15, -0.1) is 0 Å². The second-order valence-electron chi connectivity index (χ2n) is 5.37. The quantitative estimate of drug-likeness (QED) is 0.436. The van der Waals surface area contributed by atoms with E-state index in [1.807, 2.05) is 0 Å². The Labute approximate surface area is 153 Å². The molecule has 130 valence electrons. The van der Waals surface area contributed by atoms with Crippen LogP contribution in [0.4, 0.5) is 11.4 Å². The molecule has 0 radical (unpaired) electrons. The summed E-state index contributed by atoms with van der Waals surface area (Å²) in [6.07, 6.45) is 0. The molecule has 26 heavy (non-hydrogen) atoms. The standard InChI is InChI=1S/C16H10BrN5O4/c17-7-1-4-11(10(5-7)14-20-16(24)26-22-14)19-15(23)13-9-3-2-8(18)6-12(9)25-21-13/h1-6H,18H2,(H,19,23)(H,20,22,24). The first-order valence-corrected chi connectivity index (χ1v) is 8.13. The fourth-order valence-electron chi connectivity index (χ4n) is 2.47. The predicted octanol–water partition coefficient (Wildman–Crippen LogP) is 2.77. The Morgan fingerprint density at radius 2 is 2.00 bits per heavy atom. The van der Waals surface area contributed by atoms with Crippen LogP contribution in [0.15, 0.2) is 54.7 Å². The molecule has 0 saturated carbocycles. The highest BCUT2D eigenvalue weighted by molar-refractivity contribution is 9.10. The van der Waals surface area contributed by atoms with Crippen molar-refractivity contribution in [2.24, 2.45) is 0 Å². The van der Waals surface area contributed by atoms with Crippen LogP contribution in [0.25, 0.3) is 22.4 Å². The van der Waals surface area contributed by atoms with E-state index in [4.69, 9.17) is 10.3 Å². The summed E-state index contributed by atoms with van der Waals surface area (Å²) in [4.78, 5) is 26.3. The number of amides is 1. The van der Waals surface area contributed by atoms with Crippen LogP contribution in [0.3, 0.4) is 0 Å². The maximum absolute atomic E-state index is 12.7. The van der Waals surface area contributed by atoms with Crippen molar-refractivity contribution in [1.82, 2.24) is 15.3 Å². The zero-order chi connectivity index (χ0) is 18.3. The lowest BCUT2D eigenvalue weighted by Crippen LogP contribution is -2.13. The Kier molecular flexibility index (Phi) is 3.81. The van der Waals surface area contributed by atoms with Crippen molar-refractivity contribution in [2.45, 2.75) is 0 Å².